The van der Waals surface area contributed by atoms with Crippen LogP contribution >= 0.6 is 0 Å². The fourth-order valence-corrected chi connectivity index (χ4v) is 1.000. The molecule has 284 valence electrons. The maximum atomic E-state index is 8.06. The van der Waals surface area contributed by atoms with Crippen molar-refractivity contribution in [2.45, 2.75) is 239 Å². The minimum Gasteiger partial charge on any atom is -0.394 e. The van der Waals surface area contributed by atoms with E-state index in [9.17, 15) is 0 Å². The topological polar surface area (TPSA) is 162 Å². The second-order valence-corrected chi connectivity index (χ2v) is 12.2. The number of hydrogen-bond donors (Lipinski definition) is 8. The Hall–Kier alpha value is -0.320. The summed E-state index contributed by atoms with van der Waals surface area (Å²) in [6.07, 6.45) is 9.74. The molecule has 0 aromatic heterocycles. The highest BCUT2D eigenvalue weighted by atomic mass is 16.3. The summed E-state index contributed by atoms with van der Waals surface area (Å²) >= 11 is 0. The summed E-state index contributed by atoms with van der Waals surface area (Å²) < 4.78 is 0. The van der Waals surface area contributed by atoms with Gasteiger partial charge in [-0.05, 0) is 111 Å². The zero-order valence-corrected chi connectivity index (χ0v) is 33.9. The summed E-state index contributed by atoms with van der Waals surface area (Å²) in [5, 5.41) is 64.4. The molecule has 0 radical (unpaired) electrons. The molecule has 0 saturated heterocycles. The third-order valence-electron chi connectivity index (χ3n) is 1.91. The van der Waals surface area contributed by atoms with Crippen molar-refractivity contribution in [2.75, 3.05) is 0 Å². The third-order valence-corrected chi connectivity index (χ3v) is 1.91. The molecular weight excluding hydrogens is 560 g/mol. The van der Waals surface area contributed by atoms with Crippen molar-refractivity contribution in [2.24, 2.45) is 0 Å². The normalized spacial score (nSPS) is 9.00. The lowest BCUT2D eigenvalue weighted by molar-refractivity contribution is 0.215. The number of aliphatic hydroxyl groups is 8. The van der Waals surface area contributed by atoms with Gasteiger partial charge in [-0.3, -0.25) is 0 Å². The minimum absolute atomic E-state index is 0.167. The molecule has 0 amide bonds. The van der Waals surface area contributed by atoms with E-state index in [2.05, 4.69) is 27.7 Å². The van der Waals surface area contributed by atoms with Crippen LogP contribution in [0.4, 0.5) is 0 Å². The molecule has 44 heavy (non-hydrogen) atoms. The molecule has 8 nitrogen and oxygen atoms in total. The molecule has 0 rings (SSSR count). The van der Waals surface area contributed by atoms with Crippen LogP contribution in [0.2, 0.25) is 0 Å². The standard InChI is InChI=1S/2C6H14.8C3H8O/c2*1-3-5-6-4-2;8*1-3(2)4/h2*3-6H2,1-2H3;8*3-4H,1-2H3. The first-order valence-corrected chi connectivity index (χ1v) is 17.1. The van der Waals surface area contributed by atoms with Crippen molar-refractivity contribution in [3.8, 4) is 0 Å². The second-order valence-electron chi connectivity index (χ2n) is 12.2. The summed E-state index contributed by atoms with van der Waals surface area (Å²) in [4.78, 5) is 0. The molecule has 0 saturated carbocycles. The summed E-state index contributed by atoms with van der Waals surface area (Å²) in [5.41, 5.74) is 0. The maximum Gasteiger partial charge on any atom is 0.0483 e. The van der Waals surface area contributed by atoms with Crippen molar-refractivity contribution in [1.82, 2.24) is 0 Å². The van der Waals surface area contributed by atoms with Gasteiger partial charge in [0, 0.05) is 48.8 Å². The molecular formula is C36H92O8. The molecule has 0 unspecified atom stereocenters. The van der Waals surface area contributed by atoms with E-state index in [1.807, 2.05) is 0 Å². The number of aliphatic hydroxyl groups excluding tert-OH is 8. The van der Waals surface area contributed by atoms with Crippen molar-refractivity contribution >= 4 is 0 Å². The van der Waals surface area contributed by atoms with E-state index >= 15 is 0 Å². The van der Waals surface area contributed by atoms with E-state index < -0.39 is 0 Å². The van der Waals surface area contributed by atoms with E-state index in [1.165, 1.54) is 51.4 Å². The summed E-state index contributed by atoms with van der Waals surface area (Å²) in [5.74, 6) is 0. The molecule has 0 spiro atoms. The fraction of sp³-hybridized carbons (Fsp3) is 1.00. The highest BCUT2D eigenvalue weighted by Crippen LogP contribution is 1.96. The summed E-state index contributed by atoms with van der Waals surface area (Å²) in [6, 6.07) is 0. The first-order valence-electron chi connectivity index (χ1n) is 17.1. The Labute approximate surface area is 279 Å². The zero-order valence-electron chi connectivity index (χ0n) is 33.9. The lowest BCUT2D eigenvalue weighted by Gasteiger charge is -1.86. The van der Waals surface area contributed by atoms with Crippen LogP contribution in [0.5, 0.6) is 0 Å². The fourth-order valence-electron chi connectivity index (χ4n) is 1.000. The molecule has 0 fully saturated rings. The van der Waals surface area contributed by atoms with Gasteiger partial charge in [-0.2, -0.15) is 0 Å². The van der Waals surface area contributed by atoms with Crippen LogP contribution in [0.25, 0.3) is 0 Å². The smallest absolute Gasteiger partial charge is 0.0483 e. The van der Waals surface area contributed by atoms with Gasteiger partial charge < -0.3 is 40.9 Å². The zero-order chi connectivity index (χ0) is 38.3. The van der Waals surface area contributed by atoms with E-state index in [-0.39, 0.29) is 48.8 Å². The second kappa shape index (κ2) is 73.9. The molecule has 8 heteroatoms. The van der Waals surface area contributed by atoms with Crippen molar-refractivity contribution < 1.29 is 40.9 Å². The molecule has 0 aromatic carbocycles. The monoisotopic (exact) mass is 653 g/mol. The van der Waals surface area contributed by atoms with Crippen LogP contribution in [-0.4, -0.2) is 89.7 Å². The Morgan fingerprint density at radius 1 is 0.227 bits per heavy atom. The molecule has 0 bridgehead atoms. The van der Waals surface area contributed by atoms with Gasteiger partial charge in [0.15, 0.2) is 0 Å². The predicted octanol–water partition coefficient (Wildman–Crippen LogP) is 8.27. The third kappa shape index (κ3) is 2140. The van der Waals surface area contributed by atoms with Crippen LogP contribution < -0.4 is 0 Å². The first-order chi connectivity index (χ1) is 19.7. The van der Waals surface area contributed by atoms with Crippen molar-refractivity contribution in [3.63, 3.8) is 0 Å². The Kier molecular flexibility index (Phi) is 118. The Morgan fingerprint density at radius 3 is 0.295 bits per heavy atom. The van der Waals surface area contributed by atoms with E-state index in [1.54, 1.807) is 111 Å². The SMILES string of the molecule is CC(C)O.CC(C)O.CC(C)O.CC(C)O.CC(C)O.CC(C)O.CC(C)O.CC(C)O.CCCCCC.CCCCCC. The molecule has 0 aliphatic carbocycles. The average molecular weight is 653 g/mol. The van der Waals surface area contributed by atoms with E-state index in [4.69, 9.17) is 40.9 Å². The average Bonchev–Trinajstić information content (AvgIpc) is 2.73. The van der Waals surface area contributed by atoms with Gasteiger partial charge in [-0.1, -0.05) is 79.1 Å². The highest BCUT2D eigenvalue weighted by Gasteiger charge is 1.76. The van der Waals surface area contributed by atoms with Crippen LogP contribution in [0.3, 0.4) is 0 Å². The van der Waals surface area contributed by atoms with Crippen LogP contribution in [0, 0.1) is 0 Å². The van der Waals surface area contributed by atoms with Gasteiger partial charge in [0.2, 0.25) is 0 Å². The van der Waals surface area contributed by atoms with Crippen LogP contribution in [0.15, 0.2) is 0 Å². The van der Waals surface area contributed by atoms with Gasteiger partial charge in [0.1, 0.15) is 0 Å². The lowest BCUT2D eigenvalue weighted by Crippen LogP contribution is -1.85. The van der Waals surface area contributed by atoms with Gasteiger partial charge in [0.25, 0.3) is 0 Å². The molecule has 0 heterocycles. The number of unbranched alkanes of at least 4 members (excludes halogenated alkanes) is 6. The molecule has 0 aromatic rings. The van der Waals surface area contributed by atoms with Gasteiger partial charge in [-0.25, -0.2) is 0 Å². The Bertz CT molecular complexity index is 224. The molecule has 0 aliphatic rings. The first kappa shape index (κ1) is 70.1. The molecule has 8 N–H and O–H groups in total. The highest BCUT2D eigenvalue weighted by molar-refractivity contribution is 4.32. The lowest BCUT2D eigenvalue weighted by atomic mass is 10.2. The summed E-state index contributed by atoms with van der Waals surface area (Å²) in [7, 11) is 0. The minimum atomic E-state index is -0.167. The summed E-state index contributed by atoms with van der Waals surface area (Å²) in [6.45, 7) is 36.5. The van der Waals surface area contributed by atoms with Crippen LogP contribution in [0.1, 0.15) is 190 Å². The largest absolute Gasteiger partial charge is 0.394 e. The quantitative estimate of drug-likeness (QED) is 0.133. The molecule has 0 atom stereocenters. The van der Waals surface area contributed by atoms with E-state index in [0.29, 0.717) is 0 Å². The van der Waals surface area contributed by atoms with Crippen molar-refractivity contribution in [1.29, 1.82) is 0 Å². The molecule has 0 aliphatic heterocycles. The Balaban J connectivity index is -0.0000000367. The van der Waals surface area contributed by atoms with Gasteiger partial charge in [-0.15, -0.1) is 0 Å². The maximum absolute atomic E-state index is 8.06. The number of hydrogen-bond acceptors (Lipinski definition) is 8. The number of rotatable bonds is 6. The predicted molar refractivity (Wildman–Crippen MR) is 198 cm³/mol. The Morgan fingerprint density at radius 2 is 0.273 bits per heavy atom. The van der Waals surface area contributed by atoms with Gasteiger partial charge >= 0.3 is 0 Å². The van der Waals surface area contributed by atoms with Gasteiger partial charge in [0.05, 0.1) is 0 Å². The van der Waals surface area contributed by atoms with Crippen molar-refractivity contribution in [3.05, 3.63) is 0 Å². The van der Waals surface area contributed by atoms with Crippen LogP contribution in [-0.2, 0) is 0 Å². The van der Waals surface area contributed by atoms with E-state index in [0.717, 1.165) is 0 Å².